The van der Waals surface area contributed by atoms with Crippen LogP contribution in [0.3, 0.4) is 0 Å². The molecule has 1 atom stereocenters. The fourth-order valence-corrected chi connectivity index (χ4v) is 3.92. The van der Waals surface area contributed by atoms with Crippen LogP contribution in [0.25, 0.3) is 5.69 Å². The Morgan fingerprint density at radius 1 is 1.24 bits per heavy atom. The number of aliphatic hydroxyl groups excluding tert-OH is 1. The van der Waals surface area contributed by atoms with Gasteiger partial charge in [-0.2, -0.15) is 0 Å². The molecule has 0 aliphatic carbocycles. The van der Waals surface area contributed by atoms with Gasteiger partial charge in [0.25, 0.3) is 11.6 Å². The summed E-state index contributed by atoms with van der Waals surface area (Å²) in [6, 6.07) is 14.9. The summed E-state index contributed by atoms with van der Waals surface area (Å²) in [5.41, 5.74) is 1.46. The lowest BCUT2D eigenvalue weighted by Crippen LogP contribution is -2.38. The number of para-hydroxylation sites is 1. The highest BCUT2D eigenvalue weighted by molar-refractivity contribution is 5.81. The average Bonchev–Trinajstić information content (AvgIpc) is 3.43. The van der Waals surface area contributed by atoms with Gasteiger partial charge in [-0.25, -0.2) is 9.36 Å². The van der Waals surface area contributed by atoms with Gasteiger partial charge in [-0.1, -0.05) is 22.9 Å². The molecule has 0 bridgehead atoms. The molecule has 1 aliphatic heterocycles. The zero-order chi connectivity index (χ0) is 23.2. The number of carbonyl (C=O) groups excluding carboxylic acids is 1. The Hall–Kier alpha value is -3.65. The maximum absolute atomic E-state index is 11.5. The minimum atomic E-state index is -0.961. The van der Waals surface area contributed by atoms with Gasteiger partial charge in [0.15, 0.2) is 6.10 Å². The van der Waals surface area contributed by atoms with Gasteiger partial charge in [-0.05, 0) is 49.8 Å². The molecule has 3 aromatic rings. The number of aliphatic hydroxyl groups is 1. The van der Waals surface area contributed by atoms with Crippen LogP contribution < -0.4 is 14.0 Å². The second kappa shape index (κ2) is 10.3. The molecule has 2 heterocycles. The van der Waals surface area contributed by atoms with E-state index in [1.54, 1.807) is 30.9 Å². The number of fused-ring (bicyclic) bond motifs is 1. The minimum Gasteiger partial charge on any atom is -0.497 e. The standard InChI is InChI=1S/C25H28N3O5/c1-3-32-23(29)11-7-17-33-21-9-5-4-8-20(21)24(30)25-27-16-6-10-22(27)26-28(25)18-12-14-19(31-2)15-13-18/h4-5,7-9,11-15,24,30H,3,6,10,16-17H2,1-2H3/q+1/b11-7+. The van der Waals surface area contributed by atoms with Crippen LogP contribution in [0.1, 0.15) is 36.7 Å². The summed E-state index contributed by atoms with van der Waals surface area (Å²) in [6.07, 6.45) is 3.82. The molecule has 0 saturated carbocycles. The first-order chi connectivity index (χ1) is 16.1. The summed E-state index contributed by atoms with van der Waals surface area (Å²) in [4.78, 5) is 11.5. The summed E-state index contributed by atoms with van der Waals surface area (Å²) in [5, 5.41) is 16.3. The molecule has 0 amide bonds. The molecule has 8 heteroatoms. The SMILES string of the molecule is CCOC(=O)/C=C/COc1ccccc1C(O)c1n(-c2ccc(OC)cc2)nc2[n+]1CCC2. The van der Waals surface area contributed by atoms with Crippen molar-refractivity contribution in [3.8, 4) is 17.2 Å². The summed E-state index contributed by atoms with van der Waals surface area (Å²) in [6.45, 7) is 3.04. The second-order valence-electron chi connectivity index (χ2n) is 7.55. The Morgan fingerprint density at radius 2 is 2.03 bits per heavy atom. The number of nitrogens with zero attached hydrogens (tertiary/aromatic N) is 3. The van der Waals surface area contributed by atoms with Crippen LogP contribution in [0.15, 0.2) is 60.7 Å². The molecule has 0 saturated heterocycles. The molecule has 4 rings (SSSR count). The van der Waals surface area contributed by atoms with Gasteiger partial charge >= 0.3 is 5.97 Å². The van der Waals surface area contributed by atoms with Crippen molar-refractivity contribution < 1.29 is 28.7 Å². The Bertz CT molecular complexity index is 1140. The third-order valence-electron chi connectivity index (χ3n) is 5.45. The number of rotatable bonds is 9. The molecule has 172 valence electrons. The molecule has 2 aromatic carbocycles. The van der Waals surface area contributed by atoms with Gasteiger partial charge in [-0.15, -0.1) is 0 Å². The first kappa shape index (κ1) is 22.5. The second-order valence-corrected chi connectivity index (χ2v) is 7.55. The fourth-order valence-electron chi connectivity index (χ4n) is 3.92. The van der Waals surface area contributed by atoms with Crippen LogP contribution >= 0.6 is 0 Å². The normalized spacial score (nSPS) is 13.7. The van der Waals surface area contributed by atoms with Gasteiger partial charge < -0.3 is 19.3 Å². The number of methoxy groups -OCH3 is 1. The third-order valence-corrected chi connectivity index (χ3v) is 5.45. The van der Waals surface area contributed by atoms with Crippen molar-refractivity contribution in [2.24, 2.45) is 0 Å². The number of esters is 1. The third kappa shape index (κ3) is 4.90. The molecular formula is C25H28N3O5+. The van der Waals surface area contributed by atoms with Crippen LogP contribution in [-0.2, 0) is 22.5 Å². The Balaban J connectivity index is 1.63. The van der Waals surface area contributed by atoms with Crippen LogP contribution in [0.5, 0.6) is 11.5 Å². The van der Waals surface area contributed by atoms with E-state index in [2.05, 4.69) is 4.57 Å². The molecule has 33 heavy (non-hydrogen) atoms. The molecule has 1 N–H and O–H groups in total. The van der Waals surface area contributed by atoms with Gasteiger partial charge in [0, 0.05) is 23.2 Å². The van der Waals surface area contributed by atoms with E-state index in [0.29, 0.717) is 23.7 Å². The lowest BCUT2D eigenvalue weighted by molar-refractivity contribution is -0.701. The van der Waals surface area contributed by atoms with E-state index in [9.17, 15) is 9.90 Å². The number of benzene rings is 2. The molecular weight excluding hydrogens is 422 g/mol. The highest BCUT2D eigenvalue weighted by Gasteiger charge is 2.36. The summed E-state index contributed by atoms with van der Waals surface area (Å²) < 4.78 is 19.9. The van der Waals surface area contributed by atoms with Crippen molar-refractivity contribution >= 4 is 5.97 Å². The van der Waals surface area contributed by atoms with Crippen LogP contribution in [0.4, 0.5) is 0 Å². The summed E-state index contributed by atoms with van der Waals surface area (Å²) in [5.74, 6) is 2.49. The molecule has 0 fully saturated rings. The van der Waals surface area contributed by atoms with E-state index in [1.165, 1.54) is 6.08 Å². The summed E-state index contributed by atoms with van der Waals surface area (Å²) in [7, 11) is 1.63. The van der Waals surface area contributed by atoms with Gasteiger partial charge in [0.1, 0.15) is 23.8 Å². The van der Waals surface area contributed by atoms with Crippen molar-refractivity contribution in [1.82, 2.24) is 9.78 Å². The Morgan fingerprint density at radius 3 is 2.79 bits per heavy atom. The summed E-state index contributed by atoms with van der Waals surface area (Å²) >= 11 is 0. The Kier molecular flexibility index (Phi) is 7.04. The first-order valence-corrected chi connectivity index (χ1v) is 11.0. The zero-order valence-electron chi connectivity index (χ0n) is 18.8. The highest BCUT2D eigenvalue weighted by Crippen LogP contribution is 2.31. The van der Waals surface area contributed by atoms with Crippen molar-refractivity contribution in [2.45, 2.75) is 32.4 Å². The van der Waals surface area contributed by atoms with Gasteiger partial charge in [-0.3, -0.25) is 0 Å². The van der Waals surface area contributed by atoms with Crippen LogP contribution in [0, 0.1) is 0 Å². The lowest BCUT2D eigenvalue weighted by atomic mass is 10.1. The monoisotopic (exact) mass is 450 g/mol. The van der Waals surface area contributed by atoms with Crippen molar-refractivity contribution in [3.63, 3.8) is 0 Å². The number of aromatic nitrogens is 3. The van der Waals surface area contributed by atoms with Crippen molar-refractivity contribution in [1.29, 1.82) is 0 Å². The van der Waals surface area contributed by atoms with Gasteiger partial charge in [0.2, 0.25) is 0 Å². The van der Waals surface area contributed by atoms with E-state index < -0.39 is 12.1 Å². The predicted octanol–water partition coefficient (Wildman–Crippen LogP) is 2.69. The topological polar surface area (TPSA) is 86.7 Å². The highest BCUT2D eigenvalue weighted by atomic mass is 16.5. The maximum Gasteiger partial charge on any atom is 0.330 e. The largest absolute Gasteiger partial charge is 0.497 e. The molecule has 1 aliphatic rings. The van der Waals surface area contributed by atoms with E-state index in [1.807, 2.05) is 42.5 Å². The molecule has 0 spiro atoms. The maximum atomic E-state index is 11.5. The van der Waals surface area contributed by atoms with E-state index in [4.69, 9.17) is 19.3 Å². The smallest absolute Gasteiger partial charge is 0.330 e. The quantitative estimate of drug-likeness (QED) is 0.307. The number of ether oxygens (including phenoxy) is 3. The zero-order valence-corrected chi connectivity index (χ0v) is 18.8. The van der Waals surface area contributed by atoms with Crippen LogP contribution in [0.2, 0.25) is 0 Å². The average molecular weight is 451 g/mol. The number of hydrogen-bond acceptors (Lipinski definition) is 6. The predicted molar refractivity (Wildman–Crippen MR) is 120 cm³/mol. The van der Waals surface area contributed by atoms with Crippen molar-refractivity contribution in [2.75, 3.05) is 20.3 Å². The van der Waals surface area contributed by atoms with Crippen LogP contribution in [-0.4, -0.2) is 41.2 Å². The van der Waals surface area contributed by atoms with Gasteiger partial charge in [0.05, 0.1) is 20.3 Å². The molecule has 8 nitrogen and oxygen atoms in total. The molecule has 1 aromatic heterocycles. The van der Waals surface area contributed by atoms with Crippen molar-refractivity contribution in [3.05, 3.63) is 77.9 Å². The minimum absolute atomic E-state index is 0.172. The lowest BCUT2D eigenvalue weighted by Gasteiger charge is -2.15. The van der Waals surface area contributed by atoms with E-state index in [-0.39, 0.29) is 6.61 Å². The number of carbonyl (C=O) groups is 1. The first-order valence-electron chi connectivity index (χ1n) is 11.0. The number of hydrogen-bond donors (Lipinski definition) is 1. The Labute approximate surface area is 192 Å². The molecule has 1 unspecified atom stereocenters. The fraction of sp³-hybridized carbons (Fsp3) is 0.320. The van der Waals surface area contributed by atoms with E-state index >= 15 is 0 Å². The number of aryl methyl sites for hydroxylation is 1. The molecule has 0 radical (unpaired) electrons. The van der Waals surface area contributed by atoms with E-state index in [0.717, 1.165) is 36.6 Å².